The molecular weight excluding hydrogens is 208 g/mol. The molecule has 0 saturated heterocycles. The van der Waals surface area contributed by atoms with Crippen molar-refractivity contribution in [3.8, 4) is 0 Å². The van der Waals surface area contributed by atoms with Crippen LogP contribution in [0.25, 0.3) is 0 Å². The van der Waals surface area contributed by atoms with Gasteiger partial charge in [0.25, 0.3) is 0 Å². The fourth-order valence-electron chi connectivity index (χ4n) is 1.29. The van der Waals surface area contributed by atoms with Crippen LogP contribution in [0, 0.1) is 0 Å². The highest BCUT2D eigenvalue weighted by molar-refractivity contribution is 5.81. The summed E-state index contributed by atoms with van der Waals surface area (Å²) in [6.07, 6.45) is 4.58. The summed E-state index contributed by atoms with van der Waals surface area (Å²) in [5, 5.41) is 2.75. The van der Waals surface area contributed by atoms with Gasteiger partial charge in [-0.15, -0.1) is 0 Å². The molecule has 0 bridgehead atoms. The summed E-state index contributed by atoms with van der Waals surface area (Å²) in [7, 11) is 1.63. The lowest BCUT2D eigenvalue weighted by Crippen LogP contribution is -2.40. The van der Waals surface area contributed by atoms with Crippen LogP contribution >= 0.6 is 0 Å². The molecular formula is C11H18N2O3. The molecule has 1 atom stereocenters. The van der Waals surface area contributed by atoms with E-state index >= 15 is 0 Å². The van der Waals surface area contributed by atoms with Crippen LogP contribution in [-0.2, 0) is 16.1 Å². The van der Waals surface area contributed by atoms with Gasteiger partial charge in [-0.25, -0.2) is 0 Å². The molecule has 0 aromatic carbocycles. The number of hydrogen-bond donors (Lipinski definition) is 2. The Bertz CT molecular complexity index is 298. The second-order valence-electron chi connectivity index (χ2n) is 3.59. The molecule has 1 unspecified atom stereocenters. The number of carbonyl (C=O) groups excluding carboxylic acids is 1. The molecule has 1 rings (SSSR count). The summed E-state index contributed by atoms with van der Waals surface area (Å²) in [6, 6.07) is 1.33. The number of hydrogen-bond acceptors (Lipinski definition) is 4. The van der Waals surface area contributed by atoms with E-state index in [0.717, 1.165) is 12.0 Å². The first-order valence-electron chi connectivity index (χ1n) is 5.27. The van der Waals surface area contributed by atoms with E-state index in [2.05, 4.69) is 5.32 Å². The van der Waals surface area contributed by atoms with Gasteiger partial charge in [-0.2, -0.15) is 0 Å². The maximum Gasteiger partial charge on any atom is 0.237 e. The van der Waals surface area contributed by atoms with Crippen molar-refractivity contribution in [2.75, 3.05) is 13.7 Å². The molecule has 0 radical (unpaired) electrons. The van der Waals surface area contributed by atoms with Gasteiger partial charge in [0, 0.05) is 25.8 Å². The molecule has 0 aliphatic heterocycles. The Kier molecular flexibility index (Phi) is 5.60. The highest BCUT2D eigenvalue weighted by Gasteiger charge is 2.12. The standard InChI is InChI=1S/C11H18N2O3/c1-15-5-2-3-10(12)11(14)13-7-9-4-6-16-8-9/h4,6,8,10H,2-3,5,7,12H2,1H3,(H,13,14). The molecule has 3 N–H and O–H groups in total. The topological polar surface area (TPSA) is 77.5 Å². The first kappa shape index (κ1) is 12.7. The number of methoxy groups -OCH3 is 1. The smallest absolute Gasteiger partial charge is 0.237 e. The van der Waals surface area contributed by atoms with Crippen LogP contribution < -0.4 is 11.1 Å². The molecule has 1 aromatic rings. The fourth-order valence-corrected chi connectivity index (χ4v) is 1.29. The van der Waals surface area contributed by atoms with E-state index in [9.17, 15) is 4.79 Å². The average molecular weight is 226 g/mol. The van der Waals surface area contributed by atoms with Crippen molar-refractivity contribution < 1.29 is 13.9 Å². The van der Waals surface area contributed by atoms with Gasteiger partial charge in [-0.05, 0) is 18.9 Å². The Morgan fingerprint density at radius 1 is 1.69 bits per heavy atom. The van der Waals surface area contributed by atoms with Crippen molar-refractivity contribution in [3.63, 3.8) is 0 Å². The minimum atomic E-state index is -0.470. The van der Waals surface area contributed by atoms with E-state index in [1.165, 1.54) is 0 Å². The minimum Gasteiger partial charge on any atom is -0.472 e. The third-order valence-electron chi connectivity index (χ3n) is 2.25. The zero-order chi connectivity index (χ0) is 11.8. The zero-order valence-corrected chi connectivity index (χ0v) is 9.44. The molecule has 16 heavy (non-hydrogen) atoms. The highest BCUT2D eigenvalue weighted by Crippen LogP contribution is 2.00. The maximum absolute atomic E-state index is 11.5. The number of furan rings is 1. The molecule has 1 aromatic heterocycles. The number of ether oxygens (including phenoxy) is 1. The van der Waals surface area contributed by atoms with Gasteiger partial charge in [0.05, 0.1) is 18.6 Å². The Morgan fingerprint density at radius 2 is 2.50 bits per heavy atom. The lowest BCUT2D eigenvalue weighted by molar-refractivity contribution is -0.122. The lowest BCUT2D eigenvalue weighted by atomic mass is 10.1. The van der Waals surface area contributed by atoms with Crippen molar-refractivity contribution in [2.45, 2.75) is 25.4 Å². The SMILES string of the molecule is COCCCC(N)C(=O)NCc1ccoc1. The van der Waals surface area contributed by atoms with Crippen LogP contribution in [0.1, 0.15) is 18.4 Å². The van der Waals surface area contributed by atoms with Gasteiger partial charge < -0.3 is 20.2 Å². The first-order chi connectivity index (χ1) is 7.74. The summed E-state index contributed by atoms with van der Waals surface area (Å²) in [4.78, 5) is 11.5. The van der Waals surface area contributed by atoms with Gasteiger partial charge >= 0.3 is 0 Å². The van der Waals surface area contributed by atoms with Crippen LogP contribution in [-0.4, -0.2) is 25.7 Å². The average Bonchev–Trinajstić information content (AvgIpc) is 2.79. The van der Waals surface area contributed by atoms with Crippen LogP contribution in [0.4, 0.5) is 0 Å². The Morgan fingerprint density at radius 3 is 3.12 bits per heavy atom. The molecule has 1 heterocycles. The minimum absolute atomic E-state index is 0.141. The number of amides is 1. The molecule has 0 spiro atoms. The zero-order valence-electron chi connectivity index (χ0n) is 9.44. The second-order valence-corrected chi connectivity index (χ2v) is 3.59. The van der Waals surface area contributed by atoms with Crippen LogP contribution in [0.3, 0.4) is 0 Å². The predicted octanol–water partition coefficient (Wildman–Crippen LogP) is 0.650. The van der Waals surface area contributed by atoms with Crippen molar-refractivity contribution in [1.82, 2.24) is 5.32 Å². The normalized spacial score (nSPS) is 12.4. The largest absolute Gasteiger partial charge is 0.472 e. The third-order valence-corrected chi connectivity index (χ3v) is 2.25. The van der Waals surface area contributed by atoms with Crippen LogP contribution in [0.15, 0.2) is 23.0 Å². The van der Waals surface area contributed by atoms with Crippen molar-refractivity contribution in [2.24, 2.45) is 5.73 Å². The van der Waals surface area contributed by atoms with Gasteiger partial charge in [0.15, 0.2) is 0 Å². The molecule has 0 saturated carbocycles. The summed E-state index contributed by atoms with van der Waals surface area (Å²) in [5.41, 5.74) is 6.63. The molecule has 5 nitrogen and oxygen atoms in total. The summed E-state index contributed by atoms with van der Waals surface area (Å²) in [5.74, 6) is -0.141. The number of nitrogens with two attached hydrogens (primary N) is 1. The van der Waals surface area contributed by atoms with E-state index in [1.54, 1.807) is 25.7 Å². The lowest BCUT2D eigenvalue weighted by Gasteiger charge is -2.11. The van der Waals surface area contributed by atoms with Crippen LogP contribution in [0.2, 0.25) is 0 Å². The summed E-state index contributed by atoms with van der Waals surface area (Å²) < 4.78 is 9.78. The quantitative estimate of drug-likeness (QED) is 0.669. The Labute approximate surface area is 94.9 Å². The molecule has 0 aliphatic carbocycles. The summed E-state index contributed by atoms with van der Waals surface area (Å²) in [6.45, 7) is 1.08. The maximum atomic E-state index is 11.5. The molecule has 0 aliphatic rings. The molecule has 1 amide bonds. The molecule has 5 heteroatoms. The highest BCUT2D eigenvalue weighted by atomic mass is 16.5. The van der Waals surface area contributed by atoms with Crippen LogP contribution in [0.5, 0.6) is 0 Å². The van der Waals surface area contributed by atoms with Gasteiger partial charge in [-0.1, -0.05) is 0 Å². The molecule has 90 valence electrons. The number of rotatable bonds is 7. The van der Waals surface area contributed by atoms with Crippen molar-refractivity contribution in [3.05, 3.63) is 24.2 Å². The second kappa shape index (κ2) is 7.03. The van der Waals surface area contributed by atoms with Gasteiger partial charge in [0.2, 0.25) is 5.91 Å². The monoisotopic (exact) mass is 226 g/mol. The first-order valence-corrected chi connectivity index (χ1v) is 5.27. The van der Waals surface area contributed by atoms with Crippen molar-refractivity contribution >= 4 is 5.91 Å². The van der Waals surface area contributed by atoms with E-state index in [0.29, 0.717) is 19.6 Å². The number of carbonyl (C=O) groups is 1. The summed E-state index contributed by atoms with van der Waals surface area (Å²) >= 11 is 0. The van der Waals surface area contributed by atoms with E-state index in [-0.39, 0.29) is 5.91 Å². The Balaban J connectivity index is 2.18. The van der Waals surface area contributed by atoms with Gasteiger partial charge in [0.1, 0.15) is 0 Å². The third kappa shape index (κ3) is 4.46. The van der Waals surface area contributed by atoms with E-state index < -0.39 is 6.04 Å². The Hall–Kier alpha value is -1.33. The van der Waals surface area contributed by atoms with Gasteiger partial charge in [-0.3, -0.25) is 4.79 Å². The predicted molar refractivity (Wildman–Crippen MR) is 59.6 cm³/mol. The fraction of sp³-hybridized carbons (Fsp3) is 0.545. The van der Waals surface area contributed by atoms with Crippen molar-refractivity contribution in [1.29, 1.82) is 0 Å². The molecule has 0 fully saturated rings. The van der Waals surface area contributed by atoms with E-state index in [4.69, 9.17) is 14.9 Å². The number of nitrogens with one attached hydrogen (secondary N) is 1. The van der Waals surface area contributed by atoms with E-state index in [1.807, 2.05) is 0 Å².